The number of hydrogen-bond acceptors (Lipinski definition) is 2. The lowest BCUT2D eigenvalue weighted by molar-refractivity contribution is -0.00529. The Kier molecular flexibility index (Phi) is 6.54. The number of thiophene rings is 1. The second-order valence-corrected chi connectivity index (χ2v) is 21.7. The van der Waals surface area contributed by atoms with Crippen LogP contribution in [-0.2, 0) is 16.2 Å². The number of nitrogens with zero attached hydrogens (tertiary/aromatic N) is 1. The summed E-state index contributed by atoms with van der Waals surface area (Å²) in [5, 5.41) is 2.86. The van der Waals surface area contributed by atoms with E-state index in [1.54, 1.807) is 11.1 Å². The van der Waals surface area contributed by atoms with Gasteiger partial charge in [-0.3, -0.25) is 0 Å². The molecule has 276 valence electrons. The van der Waals surface area contributed by atoms with Crippen LogP contribution in [0.25, 0.3) is 31.3 Å². The minimum atomic E-state index is -0.111. The number of hydrogen-bond donors (Lipinski definition) is 0. The zero-order chi connectivity index (χ0) is 36.3. The van der Waals surface area contributed by atoms with Crippen LogP contribution in [-0.4, -0.2) is 0 Å². The Hall–Kier alpha value is -3.88. The molecule has 2 heteroatoms. The molecule has 1 aromatic heterocycles. The highest BCUT2D eigenvalue weighted by Crippen LogP contribution is 2.63. The van der Waals surface area contributed by atoms with Crippen LogP contribution in [0.5, 0.6) is 0 Å². The molecule has 1 nitrogen and oxygen atoms in total. The van der Waals surface area contributed by atoms with E-state index in [9.17, 15) is 0 Å². The SMILES string of the molecule is CC1(C)c2cc(N(c3ccc(C45CC6CC(CC(C6)C4)C5)cc3)c3ccc(C45CC6CC(CC(C6)C4)C5)cc3)ccc2-c2ccc3sc4ccccc4c3c21. The highest BCUT2D eigenvalue weighted by Gasteiger charge is 2.53. The highest BCUT2D eigenvalue weighted by atomic mass is 32.1. The number of anilines is 3. The Morgan fingerprint density at radius 3 is 1.49 bits per heavy atom. The van der Waals surface area contributed by atoms with E-state index < -0.39 is 0 Å². The molecule has 0 spiro atoms. The molecule has 0 aliphatic heterocycles. The van der Waals surface area contributed by atoms with Gasteiger partial charge in [-0.25, -0.2) is 0 Å². The Bertz CT molecular complexity index is 2370. The average molecular weight is 736 g/mol. The van der Waals surface area contributed by atoms with Crippen molar-refractivity contribution in [2.75, 3.05) is 4.90 Å². The largest absolute Gasteiger partial charge is 0.310 e. The summed E-state index contributed by atoms with van der Waals surface area (Å²) in [5.74, 6) is 5.76. The standard InChI is InChI=1S/C53H53NS/c1-51(2)46-25-42(15-16-43(46)44-17-18-48-49(50(44)51)45-5-3-4-6-47(45)55-48)54(40-11-7-38(8-12-40)52-26-32-19-33(27-52)21-34(20-32)28-52)41-13-9-39(10-14-41)53-29-35-22-36(30-53)24-37(23-35)31-53/h3-18,25,32-37H,19-24,26-31H2,1-2H3. The molecule has 0 saturated heterocycles. The molecule has 9 aliphatic carbocycles. The second kappa shape index (κ2) is 11.2. The Labute approximate surface area is 331 Å². The minimum Gasteiger partial charge on any atom is -0.310 e. The van der Waals surface area contributed by atoms with Gasteiger partial charge in [0.05, 0.1) is 0 Å². The molecule has 0 radical (unpaired) electrons. The van der Waals surface area contributed by atoms with Crippen LogP contribution in [0.2, 0.25) is 0 Å². The van der Waals surface area contributed by atoms with E-state index in [4.69, 9.17) is 0 Å². The second-order valence-electron chi connectivity index (χ2n) is 20.6. The van der Waals surface area contributed by atoms with E-state index in [1.165, 1.54) is 137 Å². The zero-order valence-corrected chi connectivity index (χ0v) is 33.4. The van der Waals surface area contributed by atoms with Gasteiger partial charge in [0.25, 0.3) is 0 Å². The molecule has 1 heterocycles. The summed E-state index contributed by atoms with van der Waals surface area (Å²) in [7, 11) is 0. The Morgan fingerprint density at radius 2 is 0.964 bits per heavy atom. The molecular formula is C53H53NS. The van der Waals surface area contributed by atoms with Crippen LogP contribution < -0.4 is 4.90 Å². The average Bonchev–Trinajstić information content (AvgIpc) is 3.66. The summed E-state index contributed by atoms with van der Waals surface area (Å²) in [6, 6.07) is 41.3. The van der Waals surface area contributed by atoms with Crippen LogP contribution in [0.4, 0.5) is 17.1 Å². The predicted octanol–water partition coefficient (Wildman–Crippen LogP) is 14.8. The van der Waals surface area contributed by atoms with Gasteiger partial charge in [0.15, 0.2) is 0 Å². The van der Waals surface area contributed by atoms with E-state index in [2.05, 4.69) is 122 Å². The maximum Gasteiger partial charge on any atom is 0.0465 e. The lowest BCUT2D eigenvalue weighted by Gasteiger charge is -2.57. The summed E-state index contributed by atoms with van der Waals surface area (Å²) >= 11 is 1.94. The molecule has 0 unspecified atom stereocenters. The van der Waals surface area contributed by atoms with Crippen molar-refractivity contribution in [1.82, 2.24) is 0 Å². The third-order valence-corrected chi connectivity index (χ3v) is 18.1. The normalized spacial score (nSPS) is 33.1. The van der Waals surface area contributed by atoms with Crippen molar-refractivity contribution < 1.29 is 0 Å². The van der Waals surface area contributed by atoms with Crippen molar-refractivity contribution in [1.29, 1.82) is 0 Å². The lowest BCUT2D eigenvalue weighted by atomic mass is 9.48. The van der Waals surface area contributed by atoms with Gasteiger partial charge in [0.2, 0.25) is 0 Å². The van der Waals surface area contributed by atoms with Gasteiger partial charge in [-0.1, -0.05) is 68.4 Å². The minimum absolute atomic E-state index is 0.111. The fourth-order valence-electron chi connectivity index (χ4n) is 15.6. The van der Waals surface area contributed by atoms with Gasteiger partial charge in [-0.2, -0.15) is 0 Å². The zero-order valence-electron chi connectivity index (χ0n) is 32.6. The van der Waals surface area contributed by atoms with Gasteiger partial charge in [-0.05, 0) is 205 Å². The molecule has 5 aromatic carbocycles. The van der Waals surface area contributed by atoms with Crippen molar-refractivity contribution in [2.24, 2.45) is 35.5 Å². The molecule has 0 atom stereocenters. The van der Waals surface area contributed by atoms with Gasteiger partial charge in [-0.15, -0.1) is 11.3 Å². The first kappa shape index (κ1) is 32.2. The van der Waals surface area contributed by atoms with E-state index in [-0.39, 0.29) is 5.41 Å². The summed E-state index contributed by atoms with van der Waals surface area (Å²) in [6.45, 7) is 4.94. The maximum absolute atomic E-state index is 2.59. The van der Waals surface area contributed by atoms with Crippen LogP contribution in [0.3, 0.4) is 0 Å². The predicted molar refractivity (Wildman–Crippen MR) is 231 cm³/mol. The smallest absolute Gasteiger partial charge is 0.0465 e. The van der Waals surface area contributed by atoms with Gasteiger partial charge in [0.1, 0.15) is 0 Å². The summed E-state index contributed by atoms with van der Waals surface area (Å²) in [6.07, 6.45) is 17.5. The molecule has 0 N–H and O–H groups in total. The first-order chi connectivity index (χ1) is 26.8. The van der Waals surface area contributed by atoms with Crippen LogP contribution >= 0.6 is 11.3 Å². The van der Waals surface area contributed by atoms with Crippen molar-refractivity contribution in [2.45, 2.75) is 107 Å². The van der Waals surface area contributed by atoms with E-state index in [0.29, 0.717) is 10.8 Å². The van der Waals surface area contributed by atoms with Gasteiger partial charge in [0, 0.05) is 42.6 Å². The molecule has 9 aliphatic rings. The maximum atomic E-state index is 2.59. The van der Waals surface area contributed by atoms with Crippen molar-refractivity contribution in [3.05, 3.63) is 125 Å². The molecule has 15 rings (SSSR count). The quantitative estimate of drug-likeness (QED) is 0.170. The molecular weight excluding hydrogens is 683 g/mol. The summed E-state index contributed by atoms with van der Waals surface area (Å²) in [4.78, 5) is 2.59. The first-order valence-corrected chi connectivity index (χ1v) is 22.7. The fourth-order valence-corrected chi connectivity index (χ4v) is 16.7. The van der Waals surface area contributed by atoms with Gasteiger partial charge < -0.3 is 4.90 Å². The van der Waals surface area contributed by atoms with Crippen LogP contribution in [0.15, 0.2) is 103 Å². The van der Waals surface area contributed by atoms with Crippen molar-refractivity contribution in [3.8, 4) is 11.1 Å². The molecule has 8 saturated carbocycles. The monoisotopic (exact) mass is 735 g/mol. The fraction of sp³-hybridized carbons (Fsp3) is 0.434. The number of benzene rings is 5. The first-order valence-electron chi connectivity index (χ1n) is 21.9. The summed E-state index contributed by atoms with van der Waals surface area (Å²) < 4.78 is 2.79. The third kappa shape index (κ3) is 4.58. The number of fused-ring (bicyclic) bond motifs is 7. The van der Waals surface area contributed by atoms with E-state index >= 15 is 0 Å². The molecule has 0 amide bonds. The lowest BCUT2D eigenvalue weighted by Crippen LogP contribution is -2.48. The Balaban J connectivity index is 0.922. The topological polar surface area (TPSA) is 3.24 Å². The molecule has 55 heavy (non-hydrogen) atoms. The highest BCUT2D eigenvalue weighted by molar-refractivity contribution is 7.25. The van der Waals surface area contributed by atoms with Gasteiger partial charge >= 0.3 is 0 Å². The molecule has 8 fully saturated rings. The third-order valence-electron chi connectivity index (χ3n) is 16.9. The van der Waals surface area contributed by atoms with E-state index in [0.717, 1.165) is 35.5 Å². The van der Waals surface area contributed by atoms with E-state index in [1.807, 2.05) is 11.3 Å². The Morgan fingerprint density at radius 1 is 0.491 bits per heavy atom. The van der Waals surface area contributed by atoms with Crippen molar-refractivity contribution >= 4 is 48.6 Å². The summed E-state index contributed by atoms with van der Waals surface area (Å²) in [5.41, 5.74) is 13.6. The molecule has 8 bridgehead atoms. The van der Waals surface area contributed by atoms with Crippen LogP contribution in [0, 0.1) is 35.5 Å². The number of rotatable bonds is 5. The molecule has 6 aromatic rings. The van der Waals surface area contributed by atoms with Crippen LogP contribution in [0.1, 0.15) is 113 Å². The van der Waals surface area contributed by atoms with Crippen molar-refractivity contribution in [3.63, 3.8) is 0 Å².